The molecule has 1 N–H and O–H groups in total. The molecule has 5 heteroatoms. The number of anilines is 1. The van der Waals surface area contributed by atoms with Crippen LogP contribution in [0.15, 0.2) is 12.1 Å². The predicted octanol–water partition coefficient (Wildman–Crippen LogP) is 2.52. The third-order valence-corrected chi connectivity index (χ3v) is 3.80. The van der Waals surface area contributed by atoms with Crippen LogP contribution in [0.25, 0.3) is 0 Å². The zero-order chi connectivity index (χ0) is 16.5. The van der Waals surface area contributed by atoms with Crippen LogP contribution in [-0.2, 0) is 10.2 Å². The van der Waals surface area contributed by atoms with Gasteiger partial charge in [-0.15, -0.1) is 5.10 Å². The zero-order valence-corrected chi connectivity index (χ0v) is 14.6. The molecule has 122 valence electrons. The Morgan fingerprint density at radius 2 is 1.86 bits per heavy atom. The fourth-order valence-electron chi connectivity index (χ4n) is 2.55. The highest BCUT2D eigenvalue weighted by Crippen LogP contribution is 2.25. The van der Waals surface area contributed by atoms with E-state index in [1.54, 1.807) is 0 Å². The molecule has 0 aromatic carbocycles. The van der Waals surface area contributed by atoms with E-state index < -0.39 is 0 Å². The van der Waals surface area contributed by atoms with Crippen molar-refractivity contribution in [3.8, 4) is 0 Å². The van der Waals surface area contributed by atoms with Gasteiger partial charge >= 0.3 is 0 Å². The number of nitrogens with one attached hydrogen (secondary N) is 1. The molecule has 1 aromatic rings. The van der Waals surface area contributed by atoms with Gasteiger partial charge in [0.15, 0.2) is 5.82 Å². The second-order valence-corrected chi connectivity index (χ2v) is 8.20. The Morgan fingerprint density at radius 3 is 2.36 bits per heavy atom. The Morgan fingerprint density at radius 1 is 1.18 bits per heavy atom. The van der Waals surface area contributed by atoms with E-state index in [4.69, 9.17) is 0 Å². The number of hydrogen-bond acceptors (Lipinski definition) is 4. The summed E-state index contributed by atoms with van der Waals surface area (Å²) in [6, 6.07) is 4.04. The summed E-state index contributed by atoms with van der Waals surface area (Å²) in [5.74, 6) is 1.02. The van der Waals surface area contributed by atoms with Crippen molar-refractivity contribution in [2.75, 3.05) is 18.0 Å². The minimum absolute atomic E-state index is 0.00562. The summed E-state index contributed by atoms with van der Waals surface area (Å²) < 4.78 is 0. The van der Waals surface area contributed by atoms with Gasteiger partial charge in [0, 0.05) is 24.0 Å². The minimum Gasteiger partial charge on any atom is -0.354 e. The van der Waals surface area contributed by atoms with Crippen molar-refractivity contribution in [1.29, 1.82) is 0 Å². The summed E-state index contributed by atoms with van der Waals surface area (Å²) in [6.45, 7) is 14.0. The number of aromatic nitrogens is 2. The Balaban J connectivity index is 2.00. The highest BCUT2D eigenvalue weighted by Gasteiger charge is 2.31. The number of carbonyl (C=O) groups excluding carboxylic acids is 1. The Hall–Kier alpha value is -1.65. The first-order valence-electron chi connectivity index (χ1n) is 7.97. The van der Waals surface area contributed by atoms with Crippen molar-refractivity contribution in [1.82, 2.24) is 15.5 Å². The van der Waals surface area contributed by atoms with E-state index in [9.17, 15) is 4.79 Å². The average Bonchev–Trinajstić information content (AvgIpc) is 2.85. The Labute approximate surface area is 133 Å². The van der Waals surface area contributed by atoms with Crippen molar-refractivity contribution >= 4 is 11.7 Å². The summed E-state index contributed by atoms with van der Waals surface area (Å²) in [5.41, 5.74) is 0.808. The molecule has 1 fully saturated rings. The summed E-state index contributed by atoms with van der Waals surface area (Å²) >= 11 is 0. The molecule has 1 saturated heterocycles. The van der Waals surface area contributed by atoms with Gasteiger partial charge in [-0.3, -0.25) is 4.79 Å². The lowest BCUT2D eigenvalue weighted by molar-refractivity contribution is -0.125. The molecule has 1 aromatic heterocycles. The Bertz CT molecular complexity index is 525. The number of amides is 1. The number of rotatable bonds is 2. The predicted molar refractivity (Wildman–Crippen MR) is 88.9 cm³/mol. The molecule has 0 spiro atoms. The van der Waals surface area contributed by atoms with Gasteiger partial charge < -0.3 is 10.2 Å². The van der Waals surface area contributed by atoms with Gasteiger partial charge in [-0.05, 0) is 39.3 Å². The lowest BCUT2D eigenvalue weighted by atomic mass is 9.92. The number of nitrogens with zero attached hydrogens (tertiary/aromatic N) is 3. The van der Waals surface area contributed by atoms with E-state index in [1.165, 1.54) is 0 Å². The standard InChI is InChI=1S/C17H28N4O/c1-16(2,3)13-7-8-14(20-19-13)21-10-9-12(11-21)15(22)18-17(4,5)6/h7-8,12H,9-11H2,1-6H3,(H,18,22). The van der Waals surface area contributed by atoms with Crippen LogP contribution in [0.3, 0.4) is 0 Å². The first kappa shape index (κ1) is 16.7. The SMILES string of the molecule is CC(C)(C)NC(=O)C1CCN(c2ccc(C(C)(C)C)nn2)C1. The second-order valence-electron chi connectivity index (χ2n) is 8.20. The van der Waals surface area contributed by atoms with Gasteiger partial charge in [-0.25, -0.2) is 0 Å². The van der Waals surface area contributed by atoms with E-state index in [2.05, 4.69) is 41.2 Å². The third kappa shape index (κ3) is 4.18. The maximum absolute atomic E-state index is 12.2. The Kier molecular flexibility index (Phi) is 4.45. The first-order valence-corrected chi connectivity index (χ1v) is 7.97. The van der Waals surface area contributed by atoms with Crippen LogP contribution in [0.2, 0.25) is 0 Å². The molecule has 1 aliphatic rings. The number of hydrogen-bond donors (Lipinski definition) is 1. The molecule has 1 aliphatic heterocycles. The molecule has 1 atom stereocenters. The van der Waals surface area contributed by atoms with Gasteiger partial charge in [0.1, 0.15) is 0 Å². The summed E-state index contributed by atoms with van der Waals surface area (Å²) in [4.78, 5) is 14.4. The van der Waals surface area contributed by atoms with Crippen molar-refractivity contribution in [2.24, 2.45) is 5.92 Å². The van der Waals surface area contributed by atoms with E-state index in [-0.39, 0.29) is 22.8 Å². The van der Waals surface area contributed by atoms with Crippen LogP contribution < -0.4 is 10.2 Å². The van der Waals surface area contributed by atoms with Crippen LogP contribution in [-0.4, -0.2) is 34.7 Å². The summed E-state index contributed by atoms with van der Waals surface area (Å²) in [5, 5.41) is 11.7. The zero-order valence-electron chi connectivity index (χ0n) is 14.6. The quantitative estimate of drug-likeness (QED) is 0.912. The van der Waals surface area contributed by atoms with E-state index in [1.807, 2.05) is 32.9 Å². The van der Waals surface area contributed by atoms with Crippen LogP contribution in [0.5, 0.6) is 0 Å². The number of carbonyl (C=O) groups is 1. The average molecular weight is 304 g/mol. The van der Waals surface area contributed by atoms with Crippen LogP contribution in [0, 0.1) is 5.92 Å². The lowest BCUT2D eigenvalue weighted by Crippen LogP contribution is -2.44. The van der Waals surface area contributed by atoms with Crippen LogP contribution in [0.4, 0.5) is 5.82 Å². The third-order valence-electron chi connectivity index (χ3n) is 3.80. The molecule has 22 heavy (non-hydrogen) atoms. The summed E-state index contributed by atoms with van der Waals surface area (Å²) in [7, 11) is 0. The maximum Gasteiger partial charge on any atom is 0.225 e. The van der Waals surface area contributed by atoms with Gasteiger partial charge in [0.2, 0.25) is 5.91 Å². The van der Waals surface area contributed by atoms with Gasteiger partial charge in [-0.1, -0.05) is 20.8 Å². The smallest absolute Gasteiger partial charge is 0.225 e. The largest absolute Gasteiger partial charge is 0.354 e. The molecule has 0 radical (unpaired) electrons. The monoisotopic (exact) mass is 304 g/mol. The maximum atomic E-state index is 12.2. The van der Waals surface area contributed by atoms with Crippen molar-refractivity contribution in [3.05, 3.63) is 17.8 Å². The van der Waals surface area contributed by atoms with Crippen molar-refractivity contribution in [3.63, 3.8) is 0 Å². The fraction of sp³-hybridized carbons (Fsp3) is 0.706. The highest BCUT2D eigenvalue weighted by atomic mass is 16.2. The van der Waals surface area contributed by atoms with Gasteiger partial charge in [-0.2, -0.15) is 5.10 Å². The molecule has 2 heterocycles. The molecule has 1 amide bonds. The molecule has 0 bridgehead atoms. The summed E-state index contributed by atoms with van der Waals surface area (Å²) in [6.07, 6.45) is 0.866. The van der Waals surface area contributed by atoms with Gasteiger partial charge in [0.25, 0.3) is 0 Å². The van der Waals surface area contributed by atoms with E-state index in [0.717, 1.165) is 24.5 Å². The molecule has 5 nitrogen and oxygen atoms in total. The molecular weight excluding hydrogens is 276 g/mol. The molecule has 0 saturated carbocycles. The normalized spacial score (nSPS) is 19.4. The van der Waals surface area contributed by atoms with Crippen molar-refractivity contribution < 1.29 is 4.79 Å². The fourth-order valence-corrected chi connectivity index (χ4v) is 2.55. The van der Waals surface area contributed by atoms with Gasteiger partial charge in [0.05, 0.1) is 11.6 Å². The molecular formula is C17H28N4O. The van der Waals surface area contributed by atoms with E-state index >= 15 is 0 Å². The molecule has 1 unspecified atom stereocenters. The van der Waals surface area contributed by atoms with E-state index in [0.29, 0.717) is 6.54 Å². The minimum atomic E-state index is -0.182. The molecule has 0 aliphatic carbocycles. The first-order chi connectivity index (χ1) is 10.1. The lowest BCUT2D eigenvalue weighted by Gasteiger charge is -2.23. The van der Waals surface area contributed by atoms with Crippen molar-refractivity contribution in [2.45, 2.75) is 58.9 Å². The van der Waals surface area contributed by atoms with Crippen LogP contribution >= 0.6 is 0 Å². The molecule has 2 rings (SSSR count). The second kappa shape index (κ2) is 5.86. The highest BCUT2D eigenvalue weighted by molar-refractivity contribution is 5.80. The topological polar surface area (TPSA) is 58.1 Å². The van der Waals surface area contributed by atoms with Crippen LogP contribution in [0.1, 0.15) is 53.7 Å².